The molecule has 2 fully saturated rings. The van der Waals surface area contributed by atoms with Crippen LogP contribution in [0.1, 0.15) is 114 Å². The predicted molar refractivity (Wildman–Crippen MR) is 158 cm³/mol. The van der Waals surface area contributed by atoms with Crippen molar-refractivity contribution in [1.82, 2.24) is 0 Å². The molecule has 0 amide bonds. The highest BCUT2D eigenvalue weighted by Crippen LogP contribution is 2.65. The summed E-state index contributed by atoms with van der Waals surface area (Å²) >= 11 is -1.39. The normalized spacial score (nSPS) is 31.4. The minimum atomic E-state index is -5.56. The molecule has 43 heavy (non-hydrogen) atoms. The molecule has 0 aliphatic heterocycles. The number of phenols is 1. The van der Waals surface area contributed by atoms with Gasteiger partial charge in [0.1, 0.15) is 17.3 Å². The van der Waals surface area contributed by atoms with E-state index in [4.69, 9.17) is 0 Å². The summed E-state index contributed by atoms with van der Waals surface area (Å²) in [5, 5.41) is 32.5. The van der Waals surface area contributed by atoms with Gasteiger partial charge in [-0.3, -0.25) is 0 Å². The molecule has 4 rings (SSSR count). The fraction of sp³-hybridized carbons (Fsp3) is 0.758. The third kappa shape index (κ3) is 7.55. The highest BCUT2D eigenvalue weighted by atomic mass is 32.2. The molecule has 1 aromatic rings. The van der Waals surface area contributed by atoms with Crippen LogP contribution in [0.4, 0.5) is 22.0 Å². The molecule has 0 bridgehead atoms. The summed E-state index contributed by atoms with van der Waals surface area (Å²) in [7, 11) is 0. The number of aromatic hydroxyl groups is 1. The van der Waals surface area contributed by atoms with Crippen LogP contribution in [0.15, 0.2) is 30.4 Å². The summed E-state index contributed by atoms with van der Waals surface area (Å²) in [5.74, 6) is -3.59. The molecular formula is C33H47F5O4S. The van der Waals surface area contributed by atoms with Crippen LogP contribution in [0.25, 0.3) is 0 Å². The van der Waals surface area contributed by atoms with Gasteiger partial charge >= 0.3 is 12.1 Å². The molecule has 0 radical (unpaired) electrons. The van der Waals surface area contributed by atoms with E-state index in [0.717, 1.165) is 74.5 Å². The molecule has 4 unspecified atom stereocenters. The van der Waals surface area contributed by atoms with E-state index in [-0.39, 0.29) is 40.6 Å². The highest BCUT2D eigenvalue weighted by molar-refractivity contribution is 7.91. The SMILES string of the molecule is C=C1[C@H](O)CC2C3C(CC[C@]12C)c1ccc(O)cc1[C@@H](O)[C@H]3CCCCCCCCC[S+]([O-])CCCC(F)(F)C(F)(F)F. The van der Waals surface area contributed by atoms with Crippen molar-refractivity contribution in [3.05, 3.63) is 41.5 Å². The first-order valence-electron chi connectivity index (χ1n) is 15.8. The van der Waals surface area contributed by atoms with E-state index < -0.39 is 48.3 Å². The zero-order valence-electron chi connectivity index (χ0n) is 25.1. The summed E-state index contributed by atoms with van der Waals surface area (Å²) in [5.41, 5.74) is 2.75. The molecule has 3 aliphatic rings. The average molecular weight is 635 g/mol. The van der Waals surface area contributed by atoms with Crippen LogP contribution in [-0.2, 0) is 11.2 Å². The zero-order chi connectivity index (χ0) is 31.6. The lowest BCUT2D eigenvalue weighted by atomic mass is 9.51. The largest absolute Gasteiger partial charge is 0.616 e. The zero-order valence-corrected chi connectivity index (χ0v) is 25.9. The Balaban J connectivity index is 1.20. The van der Waals surface area contributed by atoms with Gasteiger partial charge in [0.2, 0.25) is 0 Å². The highest BCUT2D eigenvalue weighted by Gasteiger charge is 2.58. The first-order valence-corrected chi connectivity index (χ1v) is 17.3. The molecular weight excluding hydrogens is 587 g/mol. The van der Waals surface area contributed by atoms with Gasteiger partial charge in [-0.05, 0) is 103 Å². The number of aliphatic hydroxyl groups is 2. The molecule has 244 valence electrons. The van der Waals surface area contributed by atoms with E-state index in [1.807, 2.05) is 6.07 Å². The van der Waals surface area contributed by atoms with E-state index in [1.165, 1.54) is 0 Å². The van der Waals surface area contributed by atoms with Gasteiger partial charge in [0.25, 0.3) is 0 Å². The molecule has 8 atom stereocenters. The number of unbranched alkanes of at least 4 members (excludes halogenated alkanes) is 6. The Bertz CT molecular complexity index is 1100. The lowest BCUT2D eigenvalue weighted by Gasteiger charge is -2.53. The number of fused-ring (bicyclic) bond motifs is 5. The number of rotatable bonds is 14. The Morgan fingerprint density at radius 1 is 0.953 bits per heavy atom. The molecule has 0 saturated heterocycles. The van der Waals surface area contributed by atoms with Crippen molar-refractivity contribution >= 4 is 11.2 Å². The minimum Gasteiger partial charge on any atom is -0.616 e. The van der Waals surface area contributed by atoms with E-state index in [0.29, 0.717) is 18.6 Å². The number of hydrogen-bond acceptors (Lipinski definition) is 4. The third-order valence-corrected chi connectivity index (χ3v) is 12.2. The summed E-state index contributed by atoms with van der Waals surface area (Å²) in [4.78, 5) is 0. The van der Waals surface area contributed by atoms with Gasteiger partial charge in [-0.15, -0.1) is 0 Å². The fourth-order valence-corrected chi connectivity index (χ4v) is 9.45. The Kier molecular flexibility index (Phi) is 11.2. The molecule has 3 aliphatic carbocycles. The Morgan fingerprint density at radius 2 is 1.58 bits per heavy atom. The third-order valence-electron chi connectivity index (χ3n) is 10.7. The smallest absolute Gasteiger partial charge is 0.453 e. The molecule has 4 nitrogen and oxygen atoms in total. The van der Waals surface area contributed by atoms with Gasteiger partial charge in [0.15, 0.2) is 0 Å². The first-order chi connectivity index (χ1) is 20.2. The van der Waals surface area contributed by atoms with E-state index in [2.05, 4.69) is 13.5 Å². The number of aliphatic hydroxyl groups excluding tert-OH is 2. The monoisotopic (exact) mass is 634 g/mol. The topological polar surface area (TPSA) is 83.8 Å². The molecule has 1 aromatic carbocycles. The second kappa shape index (κ2) is 14.0. The number of benzene rings is 1. The van der Waals surface area contributed by atoms with Crippen molar-refractivity contribution in [3.63, 3.8) is 0 Å². The fourth-order valence-electron chi connectivity index (χ4n) is 8.25. The van der Waals surface area contributed by atoms with Gasteiger partial charge in [-0.25, -0.2) is 0 Å². The van der Waals surface area contributed by atoms with Gasteiger partial charge in [-0.2, -0.15) is 22.0 Å². The molecule has 2 saturated carbocycles. The number of alkyl halides is 5. The van der Waals surface area contributed by atoms with Gasteiger partial charge < -0.3 is 19.9 Å². The van der Waals surface area contributed by atoms with E-state index in [1.54, 1.807) is 12.1 Å². The number of halogens is 5. The van der Waals surface area contributed by atoms with Crippen molar-refractivity contribution in [3.8, 4) is 5.75 Å². The maximum absolute atomic E-state index is 13.0. The molecule has 10 heteroatoms. The maximum Gasteiger partial charge on any atom is 0.453 e. The summed E-state index contributed by atoms with van der Waals surface area (Å²) < 4.78 is 74.6. The standard InChI is InChI=1S/C33H47F5O4S/c1-21-28(40)20-27-29-24(14-16-31(21,27)2)23-13-12-22(39)19-26(23)30(41)25(29)11-8-6-4-3-5-7-9-17-43(42)18-10-15-32(34,35)33(36,37)38/h12-13,19,24-25,27-30,39-41H,1,3-11,14-18,20H2,2H3/t24?,25-,27?,28+,29?,30-,31+,43?/m0/s1. The average Bonchev–Trinajstić information content (AvgIpc) is 3.16. The Labute approximate surface area is 255 Å². The van der Waals surface area contributed by atoms with Crippen LogP contribution in [0, 0.1) is 23.2 Å². The van der Waals surface area contributed by atoms with Gasteiger partial charge in [0.05, 0.1) is 12.2 Å². The summed E-state index contributed by atoms with van der Waals surface area (Å²) in [6.45, 7) is 6.48. The number of hydrogen-bond donors (Lipinski definition) is 3. The van der Waals surface area contributed by atoms with Crippen molar-refractivity contribution in [2.24, 2.45) is 23.2 Å². The first kappa shape index (κ1) is 34.5. The Hall–Kier alpha value is -1.36. The summed E-state index contributed by atoms with van der Waals surface area (Å²) in [6.07, 6.45) is 1.38. The molecule has 0 aromatic heterocycles. The van der Waals surface area contributed by atoms with Crippen LogP contribution in [0.5, 0.6) is 5.75 Å². The lowest BCUT2D eigenvalue weighted by Crippen LogP contribution is -2.45. The van der Waals surface area contributed by atoms with Crippen LogP contribution >= 0.6 is 0 Å². The number of phenolic OH excluding ortho intramolecular Hbond substituents is 1. The van der Waals surface area contributed by atoms with Gasteiger partial charge in [0, 0.05) is 6.42 Å². The lowest BCUT2D eigenvalue weighted by molar-refractivity contribution is -0.284. The molecule has 0 spiro atoms. The maximum atomic E-state index is 13.0. The predicted octanol–water partition coefficient (Wildman–Crippen LogP) is 8.34. The second-order valence-corrected chi connectivity index (χ2v) is 15.1. The van der Waals surface area contributed by atoms with E-state index in [9.17, 15) is 41.8 Å². The minimum absolute atomic E-state index is 0.0353. The second-order valence-electron chi connectivity index (χ2n) is 13.4. The van der Waals surface area contributed by atoms with Crippen LogP contribution in [-0.4, -0.2) is 49.6 Å². The van der Waals surface area contributed by atoms with Crippen molar-refractivity contribution in [2.75, 3.05) is 11.5 Å². The van der Waals surface area contributed by atoms with Crippen LogP contribution in [0.3, 0.4) is 0 Å². The van der Waals surface area contributed by atoms with Crippen molar-refractivity contribution < 1.29 is 41.8 Å². The van der Waals surface area contributed by atoms with E-state index >= 15 is 0 Å². The van der Waals surface area contributed by atoms with Crippen LogP contribution < -0.4 is 0 Å². The quantitative estimate of drug-likeness (QED) is 0.0832. The molecule has 3 N–H and O–H groups in total. The van der Waals surface area contributed by atoms with Crippen LogP contribution in [0.2, 0.25) is 0 Å². The van der Waals surface area contributed by atoms with Crippen molar-refractivity contribution in [1.29, 1.82) is 0 Å². The Morgan fingerprint density at radius 3 is 2.26 bits per heavy atom. The van der Waals surface area contributed by atoms with Crippen molar-refractivity contribution in [2.45, 2.75) is 121 Å². The summed E-state index contributed by atoms with van der Waals surface area (Å²) in [6, 6.07) is 5.38. The molecule has 0 heterocycles. The van der Waals surface area contributed by atoms with Gasteiger partial charge in [-0.1, -0.05) is 62.8 Å².